The van der Waals surface area contributed by atoms with Gasteiger partial charge in [0, 0.05) is 16.3 Å². The summed E-state index contributed by atoms with van der Waals surface area (Å²) in [6, 6.07) is 17.7. The van der Waals surface area contributed by atoms with Gasteiger partial charge in [-0.05, 0) is 54.6 Å². The molecule has 1 amide bonds. The molecule has 3 aromatic carbocycles. The highest BCUT2D eigenvalue weighted by molar-refractivity contribution is 6.30. The number of oxazole rings is 1. The highest BCUT2D eigenvalue weighted by Crippen LogP contribution is 2.30. The van der Waals surface area contributed by atoms with Crippen LogP contribution in [0.2, 0.25) is 5.02 Å². The summed E-state index contributed by atoms with van der Waals surface area (Å²) in [6.45, 7) is 0. The minimum Gasteiger partial charge on any atom is -0.496 e. The van der Waals surface area contributed by atoms with E-state index in [1.165, 1.54) is 14.2 Å². The number of hydrogen-bond acceptors (Lipinski definition) is 5. The van der Waals surface area contributed by atoms with Crippen molar-refractivity contribution >= 4 is 34.3 Å². The number of hydrogen-bond donors (Lipinski definition) is 1. The summed E-state index contributed by atoms with van der Waals surface area (Å²) in [5, 5.41) is 3.50. The maximum absolute atomic E-state index is 12.8. The molecule has 0 aliphatic rings. The van der Waals surface area contributed by atoms with Gasteiger partial charge in [-0.15, -0.1) is 0 Å². The lowest BCUT2D eigenvalue weighted by atomic mass is 10.1. The van der Waals surface area contributed by atoms with Gasteiger partial charge in [0.2, 0.25) is 5.89 Å². The highest BCUT2D eigenvalue weighted by Gasteiger charge is 2.19. The predicted octanol–water partition coefficient (Wildman–Crippen LogP) is 5.42. The Morgan fingerprint density at radius 1 is 1.00 bits per heavy atom. The summed E-state index contributed by atoms with van der Waals surface area (Å²) in [4.78, 5) is 17.4. The molecule has 0 saturated heterocycles. The van der Waals surface area contributed by atoms with Crippen LogP contribution in [-0.2, 0) is 0 Å². The molecule has 4 rings (SSSR count). The summed E-state index contributed by atoms with van der Waals surface area (Å²) in [6.07, 6.45) is 0. The van der Waals surface area contributed by atoms with Crippen molar-refractivity contribution in [1.82, 2.24) is 4.98 Å². The largest absolute Gasteiger partial charge is 0.496 e. The molecule has 0 atom stereocenters. The molecule has 0 saturated carbocycles. The fourth-order valence-corrected chi connectivity index (χ4v) is 3.12. The molecule has 0 unspecified atom stereocenters. The zero-order valence-electron chi connectivity index (χ0n) is 15.7. The van der Waals surface area contributed by atoms with Crippen molar-refractivity contribution in [2.75, 3.05) is 19.5 Å². The van der Waals surface area contributed by atoms with Crippen molar-refractivity contribution in [3.8, 4) is 23.0 Å². The van der Waals surface area contributed by atoms with Crippen LogP contribution in [0.5, 0.6) is 11.5 Å². The zero-order valence-corrected chi connectivity index (χ0v) is 16.5. The molecule has 0 fully saturated rings. The van der Waals surface area contributed by atoms with Gasteiger partial charge < -0.3 is 19.2 Å². The Balaban J connectivity index is 1.64. The van der Waals surface area contributed by atoms with E-state index in [1.54, 1.807) is 48.5 Å². The Kier molecular flexibility index (Phi) is 5.10. The molecule has 7 heteroatoms. The fourth-order valence-electron chi connectivity index (χ4n) is 2.99. The lowest BCUT2D eigenvalue weighted by Crippen LogP contribution is -2.14. The summed E-state index contributed by atoms with van der Waals surface area (Å²) in [5.74, 6) is 0.982. The first-order valence-corrected chi connectivity index (χ1v) is 9.15. The Morgan fingerprint density at radius 2 is 1.69 bits per heavy atom. The van der Waals surface area contributed by atoms with E-state index < -0.39 is 0 Å². The van der Waals surface area contributed by atoms with E-state index >= 15 is 0 Å². The Bertz CT molecular complexity index is 1160. The molecule has 29 heavy (non-hydrogen) atoms. The number of halogens is 1. The van der Waals surface area contributed by atoms with E-state index in [2.05, 4.69) is 10.3 Å². The van der Waals surface area contributed by atoms with Crippen molar-refractivity contribution in [2.45, 2.75) is 0 Å². The van der Waals surface area contributed by atoms with Gasteiger partial charge in [-0.3, -0.25) is 4.79 Å². The number of anilines is 1. The quantitative estimate of drug-likeness (QED) is 0.477. The minimum absolute atomic E-state index is 0.319. The number of benzene rings is 3. The third-order valence-corrected chi connectivity index (χ3v) is 4.64. The molecule has 0 radical (unpaired) electrons. The van der Waals surface area contributed by atoms with E-state index in [9.17, 15) is 4.79 Å². The van der Waals surface area contributed by atoms with Gasteiger partial charge >= 0.3 is 0 Å². The number of nitrogens with one attached hydrogen (secondary N) is 1. The normalized spacial score (nSPS) is 10.7. The molecule has 0 bridgehead atoms. The van der Waals surface area contributed by atoms with Crippen molar-refractivity contribution in [3.05, 3.63) is 71.2 Å². The van der Waals surface area contributed by atoms with Crippen LogP contribution >= 0.6 is 11.6 Å². The average molecular weight is 409 g/mol. The number of carbonyl (C=O) groups excluding carboxylic acids is 1. The van der Waals surface area contributed by atoms with Crippen molar-refractivity contribution in [2.24, 2.45) is 0 Å². The first-order valence-electron chi connectivity index (χ1n) is 8.78. The van der Waals surface area contributed by atoms with Crippen LogP contribution in [0, 0.1) is 0 Å². The summed E-state index contributed by atoms with van der Waals surface area (Å²) in [7, 11) is 3.01. The van der Waals surface area contributed by atoms with Gasteiger partial charge in [-0.1, -0.05) is 17.7 Å². The summed E-state index contributed by atoms with van der Waals surface area (Å²) < 4.78 is 16.4. The molecular weight excluding hydrogens is 392 g/mol. The lowest BCUT2D eigenvalue weighted by molar-refractivity contribution is 0.102. The number of fused-ring (bicyclic) bond motifs is 1. The molecule has 146 valence electrons. The minimum atomic E-state index is -0.347. The third kappa shape index (κ3) is 3.75. The van der Waals surface area contributed by atoms with Gasteiger partial charge in [0.15, 0.2) is 5.58 Å². The molecule has 0 spiro atoms. The summed E-state index contributed by atoms with van der Waals surface area (Å²) in [5.41, 5.74) is 2.95. The van der Waals surface area contributed by atoms with Crippen molar-refractivity contribution < 1.29 is 18.7 Å². The number of ether oxygens (including phenoxy) is 2. The van der Waals surface area contributed by atoms with Crippen molar-refractivity contribution in [3.63, 3.8) is 0 Å². The summed E-state index contributed by atoms with van der Waals surface area (Å²) >= 11 is 5.93. The first kappa shape index (κ1) is 18.8. The van der Waals surface area contributed by atoms with Gasteiger partial charge in [0.1, 0.15) is 22.6 Å². The van der Waals surface area contributed by atoms with Gasteiger partial charge in [-0.25, -0.2) is 4.98 Å². The van der Waals surface area contributed by atoms with Crippen LogP contribution in [-0.4, -0.2) is 25.1 Å². The van der Waals surface area contributed by atoms with E-state index in [-0.39, 0.29) is 5.91 Å². The van der Waals surface area contributed by atoms with Crippen LogP contribution in [0.1, 0.15) is 10.4 Å². The second-order valence-corrected chi connectivity index (χ2v) is 6.64. The van der Waals surface area contributed by atoms with E-state index in [0.717, 1.165) is 5.56 Å². The number of amides is 1. The number of rotatable bonds is 5. The monoisotopic (exact) mass is 408 g/mol. The lowest BCUT2D eigenvalue weighted by Gasteiger charge is -2.12. The number of nitrogens with zero attached hydrogens (tertiary/aromatic N) is 1. The van der Waals surface area contributed by atoms with Gasteiger partial charge in [0.05, 0.1) is 14.2 Å². The van der Waals surface area contributed by atoms with Gasteiger partial charge in [0.25, 0.3) is 5.91 Å². The second-order valence-electron chi connectivity index (χ2n) is 6.20. The standard InChI is InChI=1S/C22H17ClN2O4/c1-27-18-4-3-5-19(28-2)20(18)21(26)24-15-10-11-17-16(12-15)25-22(29-17)13-6-8-14(23)9-7-13/h3-12H,1-2H3,(H,24,26). The van der Waals surface area contributed by atoms with Crippen LogP contribution < -0.4 is 14.8 Å². The van der Waals surface area contributed by atoms with Crippen LogP contribution in [0.3, 0.4) is 0 Å². The molecule has 6 nitrogen and oxygen atoms in total. The molecular formula is C22H17ClN2O4. The predicted molar refractivity (Wildman–Crippen MR) is 112 cm³/mol. The number of methoxy groups -OCH3 is 2. The van der Waals surface area contributed by atoms with Crippen LogP contribution in [0.15, 0.2) is 65.1 Å². The number of carbonyl (C=O) groups is 1. The topological polar surface area (TPSA) is 73.6 Å². The molecule has 4 aromatic rings. The number of aromatic nitrogens is 1. The fraction of sp³-hybridized carbons (Fsp3) is 0.0909. The Morgan fingerprint density at radius 3 is 2.34 bits per heavy atom. The maximum atomic E-state index is 12.8. The SMILES string of the molecule is COc1cccc(OC)c1C(=O)Nc1ccc2oc(-c3ccc(Cl)cc3)nc2c1. The molecule has 1 heterocycles. The second kappa shape index (κ2) is 7.85. The maximum Gasteiger partial charge on any atom is 0.263 e. The average Bonchev–Trinajstić information content (AvgIpc) is 3.16. The Labute approximate surface area is 172 Å². The zero-order chi connectivity index (χ0) is 20.4. The van der Waals surface area contributed by atoms with Gasteiger partial charge in [-0.2, -0.15) is 0 Å². The molecule has 0 aliphatic carbocycles. The van der Waals surface area contributed by atoms with Crippen molar-refractivity contribution in [1.29, 1.82) is 0 Å². The van der Waals surface area contributed by atoms with E-state index in [0.29, 0.717) is 44.8 Å². The molecule has 1 N–H and O–H groups in total. The van der Waals surface area contributed by atoms with E-state index in [1.807, 2.05) is 12.1 Å². The molecule has 1 aromatic heterocycles. The molecule has 0 aliphatic heterocycles. The smallest absolute Gasteiger partial charge is 0.263 e. The third-order valence-electron chi connectivity index (χ3n) is 4.39. The first-order chi connectivity index (χ1) is 14.1. The van der Waals surface area contributed by atoms with Crippen LogP contribution in [0.25, 0.3) is 22.6 Å². The Hall–Kier alpha value is -3.51. The van der Waals surface area contributed by atoms with E-state index in [4.69, 9.17) is 25.5 Å². The van der Waals surface area contributed by atoms with Crippen LogP contribution in [0.4, 0.5) is 5.69 Å². The highest BCUT2D eigenvalue weighted by atomic mass is 35.5.